The SMILES string of the molecule is COc1cccc(C(c2cccc(C(C)=O)c2)N2C[C@@H](C)N(Cc3cccc(O)c3)C[C@@H]2C)c1. The largest absolute Gasteiger partial charge is 0.508 e. The third-order valence-corrected chi connectivity index (χ3v) is 6.81. The molecule has 178 valence electrons. The number of methoxy groups -OCH3 is 1. The Balaban J connectivity index is 1.66. The van der Waals surface area contributed by atoms with Gasteiger partial charge in [0.1, 0.15) is 11.5 Å². The second-order valence-corrected chi connectivity index (χ2v) is 9.35. The van der Waals surface area contributed by atoms with Crippen molar-refractivity contribution in [2.45, 2.75) is 45.4 Å². The van der Waals surface area contributed by atoms with Crippen LogP contribution in [0.1, 0.15) is 53.9 Å². The molecule has 4 rings (SSSR count). The van der Waals surface area contributed by atoms with Crippen molar-refractivity contribution in [3.05, 3.63) is 95.1 Å². The lowest BCUT2D eigenvalue weighted by molar-refractivity contribution is 0.0194. The summed E-state index contributed by atoms with van der Waals surface area (Å²) in [4.78, 5) is 17.1. The first-order valence-electron chi connectivity index (χ1n) is 11.9. The summed E-state index contributed by atoms with van der Waals surface area (Å²) in [5, 5.41) is 9.87. The summed E-state index contributed by atoms with van der Waals surface area (Å²) in [7, 11) is 1.69. The Hall–Kier alpha value is -3.15. The fourth-order valence-corrected chi connectivity index (χ4v) is 5.01. The fraction of sp³-hybridized carbons (Fsp3) is 0.345. The van der Waals surface area contributed by atoms with Crippen LogP contribution >= 0.6 is 0 Å². The molecule has 3 aromatic carbocycles. The Morgan fingerprint density at radius 1 is 0.971 bits per heavy atom. The highest BCUT2D eigenvalue weighted by atomic mass is 16.5. The summed E-state index contributed by atoms with van der Waals surface area (Å²) in [5.74, 6) is 1.21. The minimum atomic E-state index is 0.00905. The molecule has 1 saturated heterocycles. The molecule has 1 heterocycles. The van der Waals surface area contributed by atoms with Gasteiger partial charge < -0.3 is 9.84 Å². The van der Waals surface area contributed by atoms with Crippen LogP contribution in [0, 0.1) is 0 Å². The Bertz CT molecular complexity index is 1150. The minimum Gasteiger partial charge on any atom is -0.508 e. The third kappa shape index (κ3) is 5.32. The van der Waals surface area contributed by atoms with E-state index in [1.54, 1.807) is 20.1 Å². The highest BCUT2D eigenvalue weighted by Crippen LogP contribution is 2.35. The molecule has 0 aromatic heterocycles. The van der Waals surface area contributed by atoms with Crippen LogP contribution in [0.5, 0.6) is 11.5 Å². The maximum atomic E-state index is 12.1. The molecule has 0 saturated carbocycles. The first-order valence-corrected chi connectivity index (χ1v) is 11.9. The van der Waals surface area contributed by atoms with E-state index in [0.29, 0.717) is 11.8 Å². The van der Waals surface area contributed by atoms with Crippen LogP contribution in [-0.4, -0.2) is 53.0 Å². The number of aromatic hydroxyl groups is 1. The Morgan fingerprint density at radius 2 is 1.68 bits per heavy atom. The van der Waals surface area contributed by atoms with E-state index < -0.39 is 0 Å². The summed E-state index contributed by atoms with van der Waals surface area (Å²) in [5.41, 5.74) is 4.11. The number of piperazine rings is 1. The predicted octanol–water partition coefficient (Wildman–Crippen LogP) is 5.29. The van der Waals surface area contributed by atoms with Crippen LogP contribution in [0.25, 0.3) is 0 Å². The Morgan fingerprint density at radius 3 is 2.38 bits per heavy atom. The second kappa shape index (κ2) is 10.4. The molecule has 1 fully saturated rings. The molecule has 0 spiro atoms. The number of ketones is 1. The first-order chi connectivity index (χ1) is 16.4. The van der Waals surface area contributed by atoms with Crippen molar-refractivity contribution in [1.82, 2.24) is 9.80 Å². The van der Waals surface area contributed by atoms with Gasteiger partial charge in [-0.3, -0.25) is 14.6 Å². The number of phenolic OH excluding ortho intramolecular Hbond substituents is 1. The van der Waals surface area contributed by atoms with E-state index in [1.165, 1.54) is 0 Å². The maximum Gasteiger partial charge on any atom is 0.159 e. The standard InChI is InChI=1S/C29H34N2O3/c1-20-18-31(21(2)17-30(20)19-23-8-5-12-27(33)14-23)29(26-11-7-13-28(16-26)34-4)25-10-6-9-24(15-25)22(3)32/h5-16,20-21,29,33H,17-19H2,1-4H3/t20-,21+,29?/m1/s1. The molecule has 3 aromatic rings. The van der Waals surface area contributed by atoms with E-state index in [-0.39, 0.29) is 17.9 Å². The van der Waals surface area contributed by atoms with Gasteiger partial charge in [-0.05, 0) is 67.8 Å². The van der Waals surface area contributed by atoms with Crippen LogP contribution in [0.15, 0.2) is 72.8 Å². The highest BCUT2D eigenvalue weighted by Gasteiger charge is 2.35. The maximum absolute atomic E-state index is 12.1. The third-order valence-electron chi connectivity index (χ3n) is 6.81. The monoisotopic (exact) mass is 458 g/mol. The topological polar surface area (TPSA) is 53.0 Å². The number of phenols is 1. The summed E-state index contributed by atoms with van der Waals surface area (Å²) in [6.07, 6.45) is 0. The average Bonchev–Trinajstić information content (AvgIpc) is 2.82. The Kier molecular flexibility index (Phi) is 7.35. The van der Waals surface area contributed by atoms with Gasteiger partial charge in [-0.15, -0.1) is 0 Å². The van der Waals surface area contributed by atoms with Crippen LogP contribution in [0.2, 0.25) is 0 Å². The first kappa shape index (κ1) is 24.0. The van der Waals surface area contributed by atoms with Crippen molar-refractivity contribution in [3.63, 3.8) is 0 Å². The minimum absolute atomic E-state index is 0.00905. The zero-order chi connectivity index (χ0) is 24.2. The molecule has 0 bridgehead atoms. The lowest BCUT2D eigenvalue weighted by atomic mass is 9.92. The van der Waals surface area contributed by atoms with E-state index in [9.17, 15) is 9.90 Å². The number of hydrogen-bond donors (Lipinski definition) is 1. The van der Waals surface area contributed by atoms with Gasteiger partial charge in [0.25, 0.3) is 0 Å². The number of hydrogen-bond acceptors (Lipinski definition) is 5. The summed E-state index contributed by atoms with van der Waals surface area (Å²) < 4.78 is 5.53. The number of Topliss-reactive ketones (excluding diaryl/α,β-unsaturated/α-hetero) is 1. The molecule has 3 atom stereocenters. The van der Waals surface area contributed by atoms with Gasteiger partial charge in [0.15, 0.2) is 5.78 Å². The zero-order valence-electron chi connectivity index (χ0n) is 20.4. The molecule has 1 aliphatic rings. The quantitative estimate of drug-likeness (QED) is 0.488. The van der Waals surface area contributed by atoms with Crippen molar-refractivity contribution >= 4 is 5.78 Å². The molecule has 34 heavy (non-hydrogen) atoms. The number of carbonyl (C=O) groups is 1. The predicted molar refractivity (Wildman–Crippen MR) is 135 cm³/mol. The van der Waals surface area contributed by atoms with Crippen molar-refractivity contribution in [2.75, 3.05) is 20.2 Å². The number of carbonyl (C=O) groups excluding carboxylic acids is 1. The molecule has 0 aliphatic carbocycles. The fourth-order valence-electron chi connectivity index (χ4n) is 5.01. The molecule has 0 amide bonds. The van der Waals surface area contributed by atoms with Crippen LogP contribution in [0.4, 0.5) is 0 Å². The van der Waals surface area contributed by atoms with E-state index in [4.69, 9.17) is 4.74 Å². The highest BCUT2D eigenvalue weighted by molar-refractivity contribution is 5.94. The van der Waals surface area contributed by atoms with Crippen LogP contribution in [0.3, 0.4) is 0 Å². The van der Waals surface area contributed by atoms with Crippen molar-refractivity contribution in [1.29, 1.82) is 0 Å². The lowest BCUT2D eigenvalue weighted by Crippen LogP contribution is -2.56. The molecule has 1 N–H and O–H groups in total. The van der Waals surface area contributed by atoms with E-state index >= 15 is 0 Å². The van der Waals surface area contributed by atoms with Gasteiger partial charge in [-0.1, -0.05) is 42.5 Å². The molecule has 5 heteroatoms. The lowest BCUT2D eigenvalue weighted by Gasteiger charge is -2.47. The smallest absolute Gasteiger partial charge is 0.159 e. The van der Waals surface area contributed by atoms with E-state index in [0.717, 1.165) is 47.6 Å². The number of benzene rings is 3. The number of rotatable bonds is 7. The molecule has 0 radical (unpaired) electrons. The van der Waals surface area contributed by atoms with Gasteiger partial charge in [0.05, 0.1) is 13.2 Å². The van der Waals surface area contributed by atoms with Crippen molar-refractivity contribution in [2.24, 2.45) is 0 Å². The van der Waals surface area contributed by atoms with Crippen molar-refractivity contribution < 1.29 is 14.6 Å². The molecular formula is C29H34N2O3. The molecule has 5 nitrogen and oxygen atoms in total. The van der Waals surface area contributed by atoms with Crippen molar-refractivity contribution in [3.8, 4) is 11.5 Å². The second-order valence-electron chi connectivity index (χ2n) is 9.35. The van der Waals surface area contributed by atoms with Gasteiger partial charge in [-0.2, -0.15) is 0 Å². The normalized spacial score (nSPS) is 20.1. The van der Waals surface area contributed by atoms with Crippen LogP contribution in [-0.2, 0) is 6.54 Å². The number of nitrogens with zero attached hydrogens (tertiary/aromatic N) is 2. The Labute approximate surface area is 202 Å². The van der Waals surface area contributed by atoms with Gasteiger partial charge >= 0.3 is 0 Å². The molecular weight excluding hydrogens is 424 g/mol. The van der Waals surface area contributed by atoms with Crippen LogP contribution < -0.4 is 4.74 Å². The summed E-state index contributed by atoms with van der Waals surface area (Å²) in [6, 6.07) is 24.4. The summed E-state index contributed by atoms with van der Waals surface area (Å²) in [6.45, 7) is 8.73. The van der Waals surface area contributed by atoms with Gasteiger partial charge in [-0.25, -0.2) is 0 Å². The molecule has 1 aliphatic heterocycles. The van der Waals surface area contributed by atoms with Gasteiger partial charge in [0, 0.05) is 37.3 Å². The average molecular weight is 459 g/mol. The van der Waals surface area contributed by atoms with E-state index in [2.05, 4.69) is 47.9 Å². The summed E-state index contributed by atoms with van der Waals surface area (Å²) >= 11 is 0. The zero-order valence-corrected chi connectivity index (χ0v) is 20.4. The molecule has 1 unspecified atom stereocenters. The van der Waals surface area contributed by atoms with E-state index in [1.807, 2.05) is 42.5 Å². The van der Waals surface area contributed by atoms with Gasteiger partial charge in [0.2, 0.25) is 0 Å². The number of ether oxygens (including phenoxy) is 1.